The molecule has 0 saturated carbocycles. The van der Waals surface area contributed by atoms with Gasteiger partial charge >= 0.3 is 0 Å². The van der Waals surface area contributed by atoms with Gasteiger partial charge in [-0.25, -0.2) is 0 Å². The molecule has 0 aliphatic rings. The first-order valence-electron chi connectivity index (χ1n) is 4.87. The molecule has 3 heteroatoms. The van der Waals surface area contributed by atoms with E-state index >= 15 is 0 Å². The Balaban J connectivity index is 3.02. The summed E-state index contributed by atoms with van der Waals surface area (Å²) in [6, 6.07) is 5.98. The number of benzene rings is 1. The maximum Gasteiger partial charge on any atom is 0.192 e. The first-order valence-corrected chi connectivity index (χ1v) is 5.75. The topological polar surface area (TPSA) is 21.6 Å². The Labute approximate surface area is 105 Å². The highest BCUT2D eigenvalue weighted by Crippen LogP contribution is 2.30. The largest absolute Gasteiger partial charge is 0.425 e. The van der Waals surface area contributed by atoms with Crippen LogP contribution in [0.25, 0.3) is 0 Å². The summed E-state index contributed by atoms with van der Waals surface area (Å²) < 4.78 is 5.22. The van der Waals surface area contributed by atoms with Crippen LogP contribution in [0.2, 0.25) is 0 Å². The Hall–Kier alpha value is -0.580. The second-order valence-electron chi connectivity index (χ2n) is 4.67. The maximum atomic E-state index is 5.22. The van der Waals surface area contributed by atoms with Crippen molar-refractivity contribution in [1.29, 1.82) is 0 Å². The van der Waals surface area contributed by atoms with Crippen molar-refractivity contribution in [2.45, 2.75) is 27.7 Å². The number of halogens is 1. The van der Waals surface area contributed by atoms with E-state index in [9.17, 15) is 0 Å². The molecule has 0 radical (unpaired) electrons. The van der Waals surface area contributed by atoms with E-state index in [-0.39, 0.29) is 5.41 Å². The van der Waals surface area contributed by atoms with Gasteiger partial charge in [-0.05, 0) is 30.0 Å². The third-order valence-corrected chi connectivity index (χ3v) is 2.26. The van der Waals surface area contributed by atoms with Crippen molar-refractivity contribution in [2.75, 3.05) is 0 Å². The van der Waals surface area contributed by atoms with Crippen LogP contribution in [-0.2, 0) is 0 Å². The zero-order valence-electron chi connectivity index (χ0n) is 9.54. The van der Waals surface area contributed by atoms with Crippen LogP contribution in [0.4, 0.5) is 5.69 Å². The Morgan fingerprint density at radius 3 is 2.53 bits per heavy atom. The molecule has 0 spiro atoms. The summed E-state index contributed by atoms with van der Waals surface area (Å²) in [5.41, 5.74) is 2.17. The fourth-order valence-electron chi connectivity index (χ4n) is 1.06. The Kier molecular flexibility index (Phi) is 4.13. The summed E-state index contributed by atoms with van der Waals surface area (Å²) in [4.78, 5) is 4.45. The molecule has 0 aliphatic carbocycles. The van der Waals surface area contributed by atoms with E-state index in [1.807, 2.05) is 54.3 Å². The summed E-state index contributed by atoms with van der Waals surface area (Å²) in [7, 11) is 0. The number of rotatable bonds is 2. The average Bonchev–Trinajstić information content (AvgIpc) is 2.14. The highest BCUT2D eigenvalue weighted by Gasteiger charge is 2.07. The quantitative estimate of drug-likeness (QED) is 0.582. The van der Waals surface area contributed by atoms with E-state index in [4.69, 9.17) is 3.07 Å². The molecule has 1 rings (SSSR count). The van der Waals surface area contributed by atoms with Gasteiger partial charge < -0.3 is 3.07 Å². The second kappa shape index (κ2) is 4.96. The molecular formula is C12H16INO. The average molecular weight is 317 g/mol. The molecule has 82 valence electrons. The molecule has 0 amide bonds. The standard InChI is InChI=1S/C12H16INO/c1-9-5-6-11(15-13)10(7-9)14-8-12(2,3)4/h5-8H,1-4H3/b14-8+. The summed E-state index contributed by atoms with van der Waals surface area (Å²) >= 11 is 1.88. The number of aliphatic imine (C=N–C) groups is 1. The van der Waals surface area contributed by atoms with Gasteiger partial charge in [0.2, 0.25) is 0 Å². The normalized spacial score (nSPS) is 12.1. The number of hydrogen-bond acceptors (Lipinski definition) is 2. The third kappa shape index (κ3) is 4.20. The lowest BCUT2D eigenvalue weighted by Crippen LogP contribution is -2.05. The van der Waals surface area contributed by atoms with Crippen molar-refractivity contribution in [3.05, 3.63) is 23.8 Å². The molecule has 0 aliphatic heterocycles. The lowest BCUT2D eigenvalue weighted by atomic mass is 9.99. The number of hydrogen-bond donors (Lipinski definition) is 0. The lowest BCUT2D eigenvalue weighted by Gasteiger charge is -2.10. The minimum Gasteiger partial charge on any atom is -0.425 e. The first-order chi connectivity index (χ1) is 6.92. The van der Waals surface area contributed by atoms with Gasteiger partial charge in [0.05, 0.1) is 0 Å². The van der Waals surface area contributed by atoms with Crippen LogP contribution in [0.1, 0.15) is 26.3 Å². The molecule has 1 aromatic carbocycles. The Morgan fingerprint density at radius 1 is 1.33 bits per heavy atom. The zero-order valence-corrected chi connectivity index (χ0v) is 11.7. The van der Waals surface area contributed by atoms with Gasteiger partial charge in [0, 0.05) is 6.21 Å². The van der Waals surface area contributed by atoms with Crippen LogP contribution in [0.3, 0.4) is 0 Å². The van der Waals surface area contributed by atoms with Gasteiger partial charge in [0.25, 0.3) is 0 Å². The predicted molar refractivity (Wildman–Crippen MR) is 73.4 cm³/mol. The molecule has 0 aromatic heterocycles. The van der Waals surface area contributed by atoms with Crippen LogP contribution in [0, 0.1) is 12.3 Å². The molecule has 15 heavy (non-hydrogen) atoms. The minimum atomic E-state index is 0.0896. The van der Waals surface area contributed by atoms with E-state index in [1.165, 1.54) is 5.56 Å². The van der Waals surface area contributed by atoms with E-state index < -0.39 is 0 Å². The monoisotopic (exact) mass is 317 g/mol. The van der Waals surface area contributed by atoms with Gasteiger partial charge in [-0.15, -0.1) is 0 Å². The fourth-order valence-corrected chi connectivity index (χ4v) is 1.43. The van der Waals surface area contributed by atoms with Gasteiger partial charge in [0.1, 0.15) is 5.69 Å². The van der Waals surface area contributed by atoms with Crippen molar-refractivity contribution < 1.29 is 3.07 Å². The molecule has 0 fully saturated rings. The van der Waals surface area contributed by atoms with Gasteiger partial charge in [0.15, 0.2) is 28.8 Å². The molecule has 0 heterocycles. The van der Waals surface area contributed by atoms with Crippen molar-refractivity contribution in [1.82, 2.24) is 0 Å². The van der Waals surface area contributed by atoms with E-state index in [0.29, 0.717) is 0 Å². The van der Waals surface area contributed by atoms with Gasteiger partial charge in [-0.2, -0.15) is 0 Å². The summed E-state index contributed by atoms with van der Waals surface area (Å²) in [5.74, 6) is 0.807. The minimum absolute atomic E-state index is 0.0896. The fraction of sp³-hybridized carbons (Fsp3) is 0.417. The second-order valence-corrected chi connectivity index (χ2v) is 5.11. The van der Waals surface area contributed by atoms with Crippen molar-refractivity contribution in [3.8, 4) is 5.75 Å². The molecule has 1 aromatic rings. The molecule has 0 saturated heterocycles. The molecule has 0 bridgehead atoms. The van der Waals surface area contributed by atoms with Crippen molar-refractivity contribution >= 4 is 34.9 Å². The van der Waals surface area contributed by atoms with E-state index in [2.05, 4.69) is 25.8 Å². The molecule has 0 unspecified atom stereocenters. The molecular weight excluding hydrogens is 301 g/mol. The third-order valence-electron chi connectivity index (χ3n) is 1.79. The highest BCUT2D eigenvalue weighted by atomic mass is 127. The number of nitrogens with zero attached hydrogens (tertiary/aromatic N) is 1. The Bertz CT molecular complexity index is 366. The number of aryl methyl sites for hydroxylation is 1. The lowest BCUT2D eigenvalue weighted by molar-refractivity contribution is 0.607. The van der Waals surface area contributed by atoms with Crippen molar-refractivity contribution in [3.63, 3.8) is 0 Å². The summed E-state index contributed by atoms with van der Waals surface area (Å²) in [6.07, 6.45) is 1.95. The smallest absolute Gasteiger partial charge is 0.192 e. The van der Waals surface area contributed by atoms with Crippen LogP contribution in [-0.4, -0.2) is 6.21 Å². The molecule has 2 nitrogen and oxygen atoms in total. The summed E-state index contributed by atoms with van der Waals surface area (Å²) in [5, 5.41) is 0. The zero-order chi connectivity index (χ0) is 11.5. The summed E-state index contributed by atoms with van der Waals surface area (Å²) in [6.45, 7) is 8.41. The van der Waals surface area contributed by atoms with E-state index in [1.54, 1.807) is 0 Å². The van der Waals surface area contributed by atoms with Crippen LogP contribution in [0.5, 0.6) is 5.75 Å². The van der Waals surface area contributed by atoms with Crippen LogP contribution >= 0.6 is 23.0 Å². The predicted octanol–water partition coefficient (Wildman–Crippen LogP) is 4.47. The van der Waals surface area contributed by atoms with E-state index in [0.717, 1.165) is 11.4 Å². The van der Waals surface area contributed by atoms with Crippen LogP contribution < -0.4 is 3.07 Å². The molecule has 0 N–H and O–H groups in total. The Morgan fingerprint density at radius 2 is 2.00 bits per heavy atom. The maximum absolute atomic E-state index is 5.22. The molecule has 0 atom stereocenters. The van der Waals surface area contributed by atoms with Crippen molar-refractivity contribution in [2.24, 2.45) is 10.4 Å². The van der Waals surface area contributed by atoms with Gasteiger partial charge in [-0.3, -0.25) is 4.99 Å². The highest BCUT2D eigenvalue weighted by molar-refractivity contribution is 14.1. The van der Waals surface area contributed by atoms with Crippen LogP contribution in [0.15, 0.2) is 23.2 Å². The SMILES string of the molecule is Cc1ccc(OI)c(/N=C/C(C)(C)C)c1. The van der Waals surface area contributed by atoms with Gasteiger partial charge in [-0.1, -0.05) is 26.8 Å². The first kappa shape index (κ1) is 12.5.